The number of rotatable bonds is 6. The van der Waals surface area contributed by atoms with E-state index in [0.29, 0.717) is 21.4 Å². The van der Waals surface area contributed by atoms with Gasteiger partial charge >= 0.3 is 6.09 Å². The van der Waals surface area contributed by atoms with Gasteiger partial charge in [-0.2, -0.15) is 0 Å². The number of aryl methyl sites for hydroxylation is 1. The highest BCUT2D eigenvalue weighted by atomic mass is 79.9. The molecular formula is C23H29BrF2N4O3Si. The highest BCUT2D eigenvalue weighted by Gasteiger charge is 2.48. The summed E-state index contributed by atoms with van der Waals surface area (Å²) in [5.74, 6) is -0.0689. The maximum atomic E-state index is 14.5. The molecule has 0 aliphatic heterocycles. The van der Waals surface area contributed by atoms with E-state index in [0.717, 1.165) is 5.56 Å². The summed E-state index contributed by atoms with van der Waals surface area (Å²) >= 11 is 3.29. The maximum Gasteiger partial charge on any atom is 0.411 e. The van der Waals surface area contributed by atoms with E-state index in [4.69, 9.17) is 14.9 Å². The molecule has 3 rings (SSSR count). The lowest BCUT2D eigenvalue weighted by Gasteiger charge is -2.44. The highest BCUT2D eigenvalue weighted by molar-refractivity contribution is 9.10. The first kappa shape index (κ1) is 26.2. The molecule has 0 aliphatic rings. The van der Waals surface area contributed by atoms with Crippen molar-refractivity contribution in [1.82, 2.24) is 14.4 Å². The number of nitrogens with zero attached hydrogens (tertiary/aromatic N) is 3. The molecule has 1 unspecified atom stereocenters. The van der Waals surface area contributed by atoms with Crippen molar-refractivity contribution >= 4 is 36.0 Å². The molecule has 0 spiro atoms. The number of carbonyl (C=O) groups excluding carboxylic acids is 1. The molecule has 0 saturated heterocycles. The van der Waals surface area contributed by atoms with Crippen molar-refractivity contribution < 1.29 is 22.7 Å². The predicted molar refractivity (Wildman–Crippen MR) is 133 cm³/mol. The number of benzene rings is 1. The van der Waals surface area contributed by atoms with Gasteiger partial charge in [0.2, 0.25) is 5.65 Å². The molecule has 0 radical (unpaired) electrons. The zero-order chi connectivity index (χ0) is 25.6. The summed E-state index contributed by atoms with van der Waals surface area (Å²) in [6.45, 7) is 13.3. The monoisotopic (exact) mass is 554 g/mol. The van der Waals surface area contributed by atoms with Crippen LogP contribution in [0.2, 0.25) is 18.1 Å². The molecule has 0 aliphatic carbocycles. The molecule has 3 aromatic rings. The van der Waals surface area contributed by atoms with Crippen molar-refractivity contribution in [2.45, 2.75) is 64.8 Å². The highest BCUT2D eigenvalue weighted by Crippen LogP contribution is 2.45. The van der Waals surface area contributed by atoms with Gasteiger partial charge in [0, 0.05) is 11.8 Å². The van der Waals surface area contributed by atoms with Crippen molar-refractivity contribution in [3.05, 3.63) is 46.3 Å². The van der Waals surface area contributed by atoms with Gasteiger partial charge in [-0.15, -0.1) is 0 Å². The summed E-state index contributed by atoms with van der Waals surface area (Å²) in [6.07, 6.45) is -0.549. The van der Waals surface area contributed by atoms with Crippen molar-refractivity contribution in [2.24, 2.45) is 5.73 Å². The summed E-state index contributed by atoms with van der Waals surface area (Å²) in [5, 5.41) is -0.242. The number of alkyl halides is 2. The van der Waals surface area contributed by atoms with Crippen LogP contribution in [0, 0.1) is 6.92 Å². The van der Waals surface area contributed by atoms with E-state index in [1.165, 1.54) is 6.92 Å². The summed E-state index contributed by atoms with van der Waals surface area (Å²) in [7, 11) is -2.53. The van der Waals surface area contributed by atoms with Crippen molar-refractivity contribution in [2.75, 3.05) is 0 Å². The fraction of sp³-hybridized carbons (Fsp3) is 0.435. The van der Waals surface area contributed by atoms with Crippen LogP contribution in [0.5, 0.6) is 5.88 Å². The van der Waals surface area contributed by atoms with E-state index < -0.39 is 26.4 Å². The minimum atomic E-state index is -2.74. The molecule has 2 aromatic heterocycles. The van der Waals surface area contributed by atoms with Crippen LogP contribution in [0.15, 0.2) is 35.2 Å². The van der Waals surface area contributed by atoms with E-state index >= 15 is 0 Å². The summed E-state index contributed by atoms with van der Waals surface area (Å²) < 4.78 is 42.4. The standard InChI is InChI=1S/C23H29BrF2N4O3Si/c1-13-8-9-14(23(5,20(25)26)33-34(6,7)22(2,3)4)10-15(13)16-11-28-18-19(32-21(27)31)29-17(24)12-30(16)18/h8-12,20H,1-7H3,(H2,27,31). The summed E-state index contributed by atoms with van der Waals surface area (Å²) in [5.41, 5.74) is 6.11. The Morgan fingerprint density at radius 1 is 1.24 bits per heavy atom. The smallest absolute Gasteiger partial charge is 0.402 e. The zero-order valence-electron chi connectivity index (χ0n) is 20.2. The lowest BCUT2D eigenvalue weighted by Crippen LogP contribution is -2.50. The first-order valence-corrected chi connectivity index (χ1v) is 14.4. The number of primary amides is 1. The SMILES string of the molecule is Cc1ccc(C(C)(O[Si](C)(C)C(C)(C)C)C(F)F)cc1-c1cnc2c(OC(N)=O)nc(Br)cn12. The Balaban J connectivity index is 2.18. The molecule has 34 heavy (non-hydrogen) atoms. The van der Waals surface area contributed by atoms with E-state index in [2.05, 4.69) is 25.9 Å². The topological polar surface area (TPSA) is 91.7 Å². The molecule has 1 atom stereocenters. The molecule has 184 valence electrons. The van der Waals surface area contributed by atoms with Crippen LogP contribution in [0.3, 0.4) is 0 Å². The lowest BCUT2D eigenvalue weighted by molar-refractivity contribution is -0.0777. The van der Waals surface area contributed by atoms with E-state index in [-0.39, 0.29) is 16.6 Å². The molecule has 1 amide bonds. The molecule has 0 bridgehead atoms. The minimum Gasteiger partial charge on any atom is -0.402 e. The Labute approximate surface area is 206 Å². The van der Waals surface area contributed by atoms with Crippen LogP contribution >= 0.6 is 15.9 Å². The van der Waals surface area contributed by atoms with Crippen molar-refractivity contribution in [3.63, 3.8) is 0 Å². The Kier molecular flexibility index (Phi) is 6.95. The fourth-order valence-electron chi connectivity index (χ4n) is 3.41. The Bertz CT molecular complexity index is 1240. The van der Waals surface area contributed by atoms with Gasteiger partial charge < -0.3 is 14.9 Å². The number of nitrogens with two attached hydrogens (primary N) is 1. The van der Waals surface area contributed by atoms with Crippen molar-refractivity contribution in [3.8, 4) is 17.1 Å². The molecule has 0 saturated carbocycles. The number of amides is 1. The van der Waals surface area contributed by atoms with Gasteiger partial charge in [0.1, 0.15) is 10.2 Å². The van der Waals surface area contributed by atoms with Gasteiger partial charge in [0.05, 0.1) is 11.9 Å². The average molecular weight is 555 g/mol. The van der Waals surface area contributed by atoms with Crippen LogP contribution in [0.1, 0.15) is 38.8 Å². The zero-order valence-corrected chi connectivity index (χ0v) is 22.8. The average Bonchev–Trinajstić information content (AvgIpc) is 3.10. The predicted octanol–water partition coefficient (Wildman–Crippen LogP) is 6.43. The van der Waals surface area contributed by atoms with Gasteiger partial charge in [-0.25, -0.2) is 23.5 Å². The normalized spacial score (nSPS) is 14.4. The number of carbonyl (C=O) groups is 1. The first-order chi connectivity index (χ1) is 15.6. The maximum absolute atomic E-state index is 14.5. The van der Waals surface area contributed by atoms with Crippen LogP contribution in [-0.4, -0.2) is 35.2 Å². The minimum absolute atomic E-state index is 0.0689. The number of hydrogen-bond acceptors (Lipinski definition) is 5. The van der Waals surface area contributed by atoms with Crippen LogP contribution < -0.4 is 10.5 Å². The van der Waals surface area contributed by atoms with Gasteiger partial charge in [0.25, 0.3) is 12.3 Å². The molecule has 7 nitrogen and oxygen atoms in total. The Morgan fingerprint density at radius 3 is 2.44 bits per heavy atom. The Hall–Kier alpha value is -2.37. The van der Waals surface area contributed by atoms with Gasteiger partial charge in [-0.3, -0.25) is 4.40 Å². The second-order valence-electron chi connectivity index (χ2n) is 9.93. The van der Waals surface area contributed by atoms with Gasteiger partial charge in [0.15, 0.2) is 8.32 Å². The number of ether oxygens (including phenoxy) is 1. The van der Waals surface area contributed by atoms with Gasteiger partial charge in [-0.1, -0.05) is 32.9 Å². The molecule has 2 N–H and O–H groups in total. The molecule has 0 fully saturated rings. The Morgan fingerprint density at radius 2 is 1.88 bits per heavy atom. The molecule has 2 heterocycles. The molecule has 11 heteroatoms. The van der Waals surface area contributed by atoms with Crippen LogP contribution in [-0.2, 0) is 10.0 Å². The largest absolute Gasteiger partial charge is 0.411 e. The van der Waals surface area contributed by atoms with Crippen LogP contribution in [0.4, 0.5) is 13.6 Å². The number of aromatic nitrogens is 3. The van der Waals surface area contributed by atoms with E-state index in [1.54, 1.807) is 35.0 Å². The second-order valence-corrected chi connectivity index (χ2v) is 15.5. The fourth-order valence-corrected chi connectivity index (χ4v) is 5.35. The molecular weight excluding hydrogens is 526 g/mol. The number of hydrogen-bond donors (Lipinski definition) is 1. The third-order valence-corrected chi connectivity index (χ3v) is 11.3. The number of imidazole rings is 1. The number of fused-ring (bicyclic) bond motifs is 1. The van der Waals surface area contributed by atoms with E-state index in [9.17, 15) is 13.6 Å². The summed E-state index contributed by atoms with van der Waals surface area (Å²) in [6, 6.07) is 5.18. The lowest BCUT2D eigenvalue weighted by atomic mass is 9.92. The van der Waals surface area contributed by atoms with Crippen molar-refractivity contribution in [1.29, 1.82) is 0 Å². The quantitative estimate of drug-likeness (QED) is 0.354. The third-order valence-electron chi connectivity index (χ3n) is 6.41. The second kappa shape index (κ2) is 9.01. The number of halogens is 3. The summed E-state index contributed by atoms with van der Waals surface area (Å²) in [4.78, 5) is 19.7. The van der Waals surface area contributed by atoms with Crippen LogP contribution in [0.25, 0.3) is 16.9 Å². The van der Waals surface area contributed by atoms with Gasteiger partial charge in [-0.05, 0) is 65.1 Å². The van der Waals surface area contributed by atoms with E-state index in [1.807, 2.05) is 40.8 Å². The first-order valence-electron chi connectivity index (χ1n) is 10.7. The molecule has 1 aromatic carbocycles. The third kappa shape index (κ3) is 4.87.